The molecule has 2 aliphatic rings. The van der Waals surface area contributed by atoms with Gasteiger partial charge in [-0.1, -0.05) is 18.2 Å². The average molecular weight is 236 g/mol. The third-order valence-electron chi connectivity index (χ3n) is 3.22. The second-order valence-electron chi connectivity index (χ2n) is 4.34. The number of hydrogen-bond donors (Lipinski definition) is 0. The van der Waals surface area contributed by atoms with Gasteiger partial charge < -0.3 is 4.74 Å². The maximum Gasteiger partial charge on any atom is 0.338 e. The minimum atomic E-state index is -2.64. The zero-order valence-corrected chi connectivity index (χ0v) is 8.90. The molecule has 0 aromatic heterocycles. The molecule has 4 heteroatoms. The Hall–Kier alpha value is -1.71. The smallest absolute Gasteiger partial charge is 0.338 e. The van der Waals surface area contributed by atoms with Crippen LogP contribution >= 0.6 is 0 Å². The summed E-state index contributed by atoms with van der Waals surface area (Å²) >= 11 is 0. The standard InChI is InChI=1S/C13H10F2O2/c14-13(15)10-6-9(7-11(10)13)17-12(16)8-4-2-1-3-5-8/h1-6,9,11H,7H2. The fourth-order valence-corrected chi connectivity index (χ4v) is 2.22. The number of alkyl halides is 2. The lowest BCUT2D eigenvalue weighted by molar-refractivity contribution is 0.0303. The summed E-state index contributed by atoms with van der Waals surface area (Å²) in [5.41, 5.74) is 0.571. The van der Waals surface area contributed by atoms with Gasteiger partial charge in [0.25, 0.3) is 5.92 Å². The maximum absolute atomic E-state index is 12.9. The summed E-state index contributed by atoms with van der Waals surface area (Å²) in [7, 11) is 0. The first kappa shape index (κ1) is 10.4. The summed E-state index contributed by atoms with van der Waals surface area (Å²) in [6.45, 7) is 0. The van der Waals surface area contributed by atoms with Crippen LogP contribution in [0.15, 0.2) is 42.0 Å². The number of carbonyl (C=O) groups excluding carboxylic acids is 1. The van der Waals surface area contributed by atoms with E-state index in [0.717, 1.165) is 0 Å². The number of halogens is 2. The maximum atomic E-state index is 12.9. The van der Waals surface area contributed by atoms with Gasteiger partial charge in [0.1, 0.15) is 6.10 Å². The Morgan fingerprint density at radius 1 is 1.29 bits per heavy atom. The van der Waals surface area contributed by atoms with Crippen molar-refractivity contribution in [2.45, 2.75) is 18.4 Å². The monoisotopic (exact) mass is 236 g/mol. The molecular weight excluding hydrogens is 226 g/mol. The van der Waals surface area contributed by atoms with E-state index in [2.05, 4.69) is 0 Å². The minimum absolute atomic E-state index is 0.128. The highest BCUT2D eigenvalue weighted by molar-refractivity contribution is 5.89. The Bertz CT molecular complexity index is 493. The van der Waals surface area contributed by atoms with Gasteiger partial charge in [-0.05, 0) is 18.2 Å². The lowest BCUT2D eigenvalue weighted by Crippen LogP contribution is -2.17. The van der Waals surface area contributed by atoms with Crippen molar-refractivity contribution >= 4 is 5.97 Å². The van der Waals surface area contributed by atoms with Crippen molar-refractivity contribution < 1.29 is 18.3 Å². The molecule has 1 aromatic rings. The van der Waals surface area contributed by atoms with E-state index in [1.54, 1.807) is 30.3 Å². The molecule has 1 fully saturated rings. The minimum Gasteiger partial charge on any atom is -0.454 e. The first-order chi connectivity index (χ1) is 8.09. The van der Waals surface area contributed by atoms with Gasteiger partial charge in [0.2, 0.25) is 0 Å². The molecule has 0 aliphatic heterocycles. The normalized spacial score (nSPS) is 28.2. The lowest BCUT2D eigenvalue weighted by atomic mass is 10.2. The van der Waals surface area contributed by atoms with Gasteiger partial charge >= 0.3 is 5.97 Å². The van der Waals surface area contributed by atoms with E-state index < -0.39 is 23.9 Å². The Morgan fingerprint density at radius 2 is 2.00 bits per heavy atom. The highest BCUT2D eigenvalue weighted by Crippen LogP contribution is 2.61. The number of ether oxygens (including phenoxy) is 1. The zero-order chi connectivity index (χ0) is 12.0. The third kappa shape index (κ3) is 1.64. The number of allylic oxidation sites excluding steroid dienone is 1. The van der Waals surface area contributed by atoms with Crippen LogP contribution in [-0.4, -0.2) is 18.0 Å². The molecule has 0 spiro atoms. The summed E-state index contributed by atoms with van der Waals surface area (Å²) in [5.74, 6) is -3.80. The molecule has 2 unspecified atom stereocenters. The molecule has 2 aliphatic carbocycles. The lowest BCUT2D eigenvalue weighted by Gasteiger charge is -2.12. The molecule has 2 atom stereocenters. The molecular formula is C13H10F2O2. The van der Waals surface area contributed by atoms with Crippen LogP contribution < -0.4 is 0 Å². The van der Waals surface area contributed by atoms with Crippen molar-refractivity contribution in [2.24, 2.45) is 5.92 Å². The van der Waals surface area contributed by atoms with Crippen LogP contribution in [-0.2, 0) is 4.74 Å². The number of benzene rings is 1. The Labute approximate surface area is 96.9 Å². The fourth-order valence-electron chi connectivity index (χ4n) is 2.22. The summed E-state index contributed by atoms with van der Waals surface area (Å²) in [6, 6.07) is 8.54. The highest BCUT2D eigenvalue weighted by atomic mass is 19.3. The second-order valence-corrected chi connectivity index (χ2v) is 4.34. The van der Waals surface area contributed by atoms with Crippen molar-refractivity contribution in [1.82, 2.24) is 0 Å². The number of hydrogen-bond acceptors (Lipinski definition) is 2. The van der Waals surface area contributed by atoms with E-state index in [1.807, 2.05) is 0 Å². The first-order valence-electron chi connectivity index (χ1n) is 5.45. The number of esters is 1. The van der Waals surface area contributed by atoms with Gasteiger partial charge in [0, 0.05) is 12.0 Å². The predicted octanol–water partition coefficient (Wildman–Crippen LogP) is 2.81. The van der Waals surface area contributed by atoms with Crippen LogP contribution in [0.25, 0.3) is 0 Å². The summed E-state index contributed by atoms with van der Waals surface area (Å²) in [5, 5.41) is 0. The highest BCUT2D eigenvalue weighted by Gasteiger charge is 2.66. The van der Waals surface area contributed by atoms with E-state index >= 15 is 0 Å². The van der Waals surface area contributed by atoms with E-state index in [0.29, 0.717) is 5.56 Å². The van der Waals surface area contributed by atoms with Crippen LogP contribution in [0.3, 0.4) is 0 Å². The number of fused-ring (bicyclic) bond motifs is 1. The molecule has 0 heterocycles. The van der Waals surface area contributed by atoms with Crippen LogP contribution in [0, 0.1) is 5.92 Å². The topological polar surface area (TPSA) is 26.3 Å². The van der Waals surface area contributed by atoms with E-state index in [-0.39, 0.29) is 12.0 Å². The summed E-state index contributed by atoms with van der Waals surface area (Å²) < 4.78 is 30.9. The fraction of sp³-hybridized carbons (Fsp3) is 0.308. The largest absolute Gasteiger partial charge is 0.454 e. The molecule has 88 valence electrons. The SMILES string of the molecule is O=C(OC1C=C2C(C1)C2(F)F)c1ccccc1. The molecule has 1 saturated carbocycles. The first-order valence-corrected chi connectivity index (χ1v) is 5.45. The van der Waals surface area contributed by atoms with Gasteiger partial charge in [-0.3, -0.25) is 0 Å². The van der Waals surface area contributed by atoms with Crippen molar-refractivity contribution in [3.63, 3.8) is 0 Å². The van der Waals surface area contributed by atoms with E-state index in [1.165, 1.54) is 6.08 Å². The third-order valence-corrected chi connectivity index (χ3v) is 3.22. The molecule has 1 aromatic carbocycles. The molecule has 17 heavy (non-hydrogen) atoms. The van der Waals surface area contributed by atoms with Gasteiger partial charge in [0.15, 0.2) is 0 Å². The van der Waals surface area contributed by atoms with E-state index in [4.69, 9.17) is 4.74 Å². The van der Waals surface area contributed by atoms with Gasteiger partial charge in [-0.2, -0.15) is 0 Å². The Kier molecular flexibility index (Phi) is 2.08. The van der Waals surface area contributed by atoms with E-state index in [9.17, 15) is 13.6 Å². The van der Waals surface area contributed by atoms with Crippen molar-refractivity contribution in [2.75, 3.05) is 0 Å². The Balaban J connectivity index is 1.66. The Morgan fingerprint density at radius 3 is 2.59 bits per heavy atom. The van der Waals surface area contributed by atoms with Crippen LogP contribution in [0.5, 0.6) is 0 Å². The second kappa shape index (κ2) is 3.39. The van der Waals surface area contributed by atoms with Gasteiger partial charge in [0.05, 0.1) is 11.5 Å². The predicted molar refractivity (Wildman–Crippen MR) is 56.8 cm³/mol. The molecule has 0 N–H and O–H groups in total. The molecule has 0 amide bonds. The zero-order valence-electron chi connectivity index (χ0n) is 8.90. The quantitative estimate of drug-likeness (QED) is 0.583. The molecule has 0 radical (unpaired) electrons. The number of carbonyl (C=O) groups is 1. The van der Waals surface area contributed by atoms with Crippen LogP contribution in [0.4, 0.5) is 8.78 Å². The average Bonchev–Trinajstić information content (AvgIpc) is 2.68. The van der Waals surface area contributed by atoms with Crippen LogP contribution in [0.1, 0.15) is 16.8 Å². The summed E-state index contributed by atoms with van der Waals surface area (Å²) in [4.78, 5) is 11.6. The van der Waals surface area contributed by atoms with Gasteiger partial charge in [-0.25, -0.2) is 13.6 Å². The van der Waals surface area contributed by atoms with Crippen LogP contribution in [0.2, 0.25) is 0 Å². The molecule has 3 rings (SSSR count). The van der Waals surface area contributed by atoms with Crippen molar-refractivity contribution in [3.05, 3.63) is 47.5 Å². The molecule has 0 saturated heterocycles. The summed E-state index contributed by atoms with van der Waals surface area (Å²) in [6.07, 6.45) is 1.09. The van der Waals surface area contributed by atoms with Gasteiger partial charge in [-0.15, -0.1) is 0 Å². The molecule has 0 bridgehead atoms. The van der Waals surface area contributed by atoms with Crippen molar-refractivity contribution in [1.29, 1.82) is 0 Å². The molecule has 2 nitrogen and oxygen atoms in total. The number of rotatable bonds is 2. The van der Waals surface area contributed by atoms with Crippen molar-refractivity contribution in [3.8, 4) is 0 Å².